The molecule has 0 bridgehead atoms. The van der Waals surface area contributed by atoms with Gasteiger partial charge < -0.3 is 5.32 Å². The lowest BCUT2D eigenvalue weighted by atomic mass is 10.0. The molecule has 0 radical (unpaired) electrons. The molecular weight excluding hydrogens is 258 g/mol. The van der Waals surface area contributed by atoms with Crippen molar-refractivity contribution in [2.75, 3.05) is 13.6 Å². The first-order valence-electron chi connectivity index (χ1n) is 7.74. The highest BCUT2D eigenvalue weighted by atomic mass is 14.9. The minimum Gasteiger partial charge on any atom is -0.319 e. The number of hydrogen-bond donors (Lipinski definition) is 1. The van der Waals surface area contributed by atoms with Crippen LogP contribution in [0.15, 0.2) is 24.3 Å². The molecule has 0 fully saturated rings. The third-order valence-electron chi connectivity index (χ3n) is 4.48. The topological polar surface area (TPSA) is 37.8 Å². The molecule has 1 aromatic carbocycles. The van der Waals surface area contributed by atoms with E-state index < -0.39 is 0 Å². The molecule has 3 rings (SSSR count). The van der Waals surface area contributed by atoms with E-state index in [9.17, 15) is 0 Å². The van der Waals surface area contributed by atoms with E-state index >= 15 is 0 Å². The molecule has 0 saturated carbocycles. The second kappa shape index (κ2) is 5.94. The highest BCUT2D eigenvalue weighted by Crippen LogP contribution is 2.32. The van der Waals surface area contributed by atoms with Crippen LogP contribution in [0.3, 0.4) is 0 Å². The quantitative estimate of drug-likeness (QED) is 0.936. The molecular formula is C18H23N3. The Morgan fingerprint density at radius 3 is 2.14 bits per heavy atom. The van der Waals surface area contributed by atoms with Crippen LogP contribution in [0, 0.1) is 13.8 Å². The number of nitrogens with one attached hydrogen (secondary N) is 1. The predicted octanol–water partition coefficient (Wildman–Crippen LogP) is 2.74. The van der Waals surface area contributed by atoms with Crippen LogP contribution in [0.4, 0.5) is 0 Å². The molecule has 0 unspecified atom stereocenters. The normalized spacial score (nSPS) is 14.4. The van der Waals surface area contributed by atoms with Crippen molar-refractivity contribution < 1.29 is 0 Å². The Labute approximate surface area is 126 Å². The van der Waals surface area contributed by atoms with Gasteiger partial charge in [0.15, 0.2) is 0 Å². The summed E-state index contributed by atoms with van der Waals surface area (Å²) < 4.78 is 0. The summed E-state index contributed by atoms with van der Waals surface area (Å²) in [6.45, 7) is 5.20. The van der Waals surface area contributed by atoms with Crippen LogP contribution in [0.1, 0.15) is 39.8 Å². The van der Waals surface area contributed by atoms with Crippen molar-refractivity contribution in [3.05, 3.63) is 58.2 Å². The Kier molecular flexibility index (Phi) is 4.02. The van der Waals surface area contributed by atoms with E-state index in [0.717, 1.165) is 43.0 Å². The van der Waals surface area contributed by atoms with Gasteiger partial charge >= 0.3 is 0 Å². The first-order chi connectivity index (χ1) is 10.2. The molecule has 0 aliphatic heterocycles. The third-order valence-corrected chi connectivity index (χ3v) is 4.48. The number of hydrogen-bond acceptors (Lipinski definition) is 3. The summed E-state index contributed by atoms with van der Waals surface area (Å²) in [5.74, 6) is 1.47. The molecule has 21 heavy (non-hydrogen) atoms. The van der Waals surface area contributed by atoms with Crippen molar-refractivity contribution in [2.45, 2.75) is 39.0 Å². The highest BCUT2D eigenvalue weighted by Gasteiger charge is 2.25. The van der Waals surface area contributed by atoms with Crippen molar-refractivity contribution in [1.82, 2.24) is 15.3 Å². The molecule has 3 heteroatoms. The first kappa shape index (κ1) is 14.2. The van der Waals surface area contributed by atoms with E-state index in [1.807, 2.05) is 7.05 Å². The fraction of sp³-hybridized carbons (Fsp3) is 0.444. The van der Waals surface area contributed by atoms with Gasteiger partial charge in [-0.15, -0.1) is 0 Å². The zero-order valence-corrected chi connectivity index (χ0v) is 13.1. The van der Waals surface area contributed by atoms with Gasteiger partial charge in [0, 0.05) is 17.3 Å². The van der Waals surface area contributed by atoms with E-state index in [0.29, 0.717) is 5.92 Å². The number of aromatic nitrogens is 2. The maximum Gasteiger partial charge on any atom is 0.132 e. The third kappa shape index (κ3) is 2.84. The number of aryl methyl sites for hydroxylation is 2. The average Bonchev–Trinajstić information content (AvgIpc) is 2.90. The molecule has 0 spiro atoms. The second-order valence-electron chi connectivity index (χ2n) is 5.96. The van der Waals surface area contributed by atoms with Crippen molar-refractivity contribution in [2.24, 2.45) is 0 Å². The number of nitrogens with zero attached hydrogens (tertiary/aromatic N) is 2. The van der Waals surface area contributed by atoms with Gasteiger partial charge in [0.05, 0.1) is 0 Å². The molecule has 0 amide bonds. The summed E-state index contributed by atoms with van der Waals surface area (Å²) >= 11 is 0. The van der Waals surface area contributed by atoms with Crippen molar-refractivity contribution in [3.63, 3.8) is 0 Å². The molecule has 2 aromatic rings. The summed E-state index contributed by atoms with van der Waals surface area (Å²) in [5, 5.41) is 3.20. The van der Waals surface area contributed by atoms with Gasteiger partial charge in [-0.25, -0.2) is 9.97 Å². The SMILES string of the molecule is CNCCc1c(C)nc(C2Cc3ccccc3C2)nc1C. The van der Waals surface area contributed by atoms with Crippen molar-refractivity contribution >= 4 is 0 Å². The van der Waals surface area contributed by atoms with E-state index in [2.05, 4.69) is 43.4 Å². The molecule has 1 aliphatic rings. The molecule has 3 nitrogen and oxygen atoms in total. The molecule has 110 valence electrons. The summed E-state index contributed by atoms with van der Waals surface area (Å²) in [7, 11) is 1.98. The maximum absolute atomic E-state index is 4.81. The number of likely N-dealkylation sites (N-methyl/N-ethyl adjacent to an activating group) is 1. The Hall–Kier alpha value is -1.74. The van der Waals surface area contributed by atoms with E-state index in [1.165, 1.54) is 16.7 Å². The van der Waals surface area contributed by atoms with Crippen molar-refractivity contribution in [3.8, 4) is 0 Å². The predicted molar refractivity (Wildman–Crippen MR) is 85.7 cm³/mol. The number of fused-ring (bicyclic) bond motifs is 1. The molecule has 1 N–H and O–H groups in total. The van der Waals surface area contributed by atoms with Crippen LogP contribution in [0.25, 0.3) is 0 Å². The Balaban J connectivity index is 1.85. The Bertz CT molecular complexity index is 601. The zero-order valence-electron chi connectivity index (χ0n) is 13.1. The lowest BCUT2D eigenvalue weighted by Crippen LogP contribution is -2.15. The summed E-state index contributed by atoms with van der Waals surface area (Å²) in [6.07, 6.45) is 3.15. The second-order valence-corrected chi connectivity index (χ2v) is 5.96. The summed E-state index contributed by atoms with van der Waals surface area (Å²) in [5.41, 5.74) is 6.50. The van der Waals surface area contributed by atoms with Crippen LogP contribution in [0.2, 0.25) is 0 Å². The zero-order chi connectivity index (χ0) is 14.8. The first-order valence-corrected chi connectivity index (χ1v) is 7.74. The highest BCUT2D eigenvalue weighted by molar-refractivity contribution is 5.36. The van der Waals surface area contributed by atoms with Gasteiger partial charge in [-0.1, -0.05) is 24.3 Å². The lowest BCUT2D eigenvalue weighted by molar-refractivity contribution is 0.665. The largest absolute Gasteiger partial charge is 0.319 e. The Morgan fingerprint density at radius 1 is 1.05 bits per heavy atom. The van der Waals surface area contributed by atoms with Gasteiger partial charge in [0.2, 0.25) is 0 Å². The van der Waals surface area contributed by atoms with E-state index in [-0.39, 0.29) is 0 Å². The minimum atomic E-state index is 0.443. The summed E-state index contributed by atoms with van der Waals surface area (Å²) in [6, 6.07) is 8.71. The molecule has 1 aliphatic carbocycles. The van der Waals surface area contributed by atoms with E-state index in [4.69, 9.17) is 9.97 Å². The molecule has 0 saturated heterocycles. The monoisotopic (exact) mass is 281 g/mol. The minimum absolute atomic E-state index is 0.443. The fourth-order valence-electron chi connectivity index (χ4n) is 3.30. The lowest BCUT2D eigenvalue weighted by Gasteiger charge is -2.14. The van der Waals surface area contributed by atoms with Gasteiger partial charge in [0.25, 0.3) is 0 Å². The number of benzene rings is 1. The van der Waals surface area contributed by atoms with Crippen LogP contribution < -0.4 is 5.32 Å². The van der Waals surface area contributed by atoms with Crippen LogP contribution in [0.5, 0.6) is 0 Å². The fourth-order valence-corrected chi connectivity index (χ4v) is 3.30. The summed E-state index contributed by atoms with van der Waals surface area (Å²) in [4.78, 5) is 9.63. The standard InChI is InChI=1S/C18H23N3/c1-12-17(8-9-19-3)13(2)21-18(20-12)16-10-14-6-4-5-7-15(14)11-16/h4-7,16,19H,8-11H2,1-3H3. The van der Waals surface area contributed by atoms with Gasteiger partial charge in [0.1, 0.15) is 5.82 Å². The van der Waals surface area contributed by atoms with E-state index in [1.54, 1.807) is 0 Å². The molecule has 1 aromatic heterocycles. The molecule has 1 heterocycles. The van der Waals surface area contributed by atoms with Gasteiger partial charge in [-0.2, -0.15) is 0 Å². The van der Waals surface area contributed by atoms with Gasteiger partial charge in [-0.05, 0) is 63.4 Å². The maximum atomic E-state index is 4.81. The average molecular weight is 281 g/mol. The van der Waals surface area contributed by atoms with Crippen LogP contribution in [-0.4, -0.2) is 23.6 Å². The van der Waals surface area contributed by atoms with Crippen molar-refractivity contribution in [1.29, 1.82) is 0 Å². The number of rotatable bonds is 4. The van der Waals surface area contributed by atoms with Crippen LogP contribution in [-0.2, 0) is 19.3 Å². The van der Waals surface area contributed by atoms with Gasteiger partial charge in [-0.3, -0.25) is 0 Å². The molecule has 0 atom stereocenters. The smallest absolute Gasteiger partial charge is 0.132 e. The Morgan fingerprint density at radius 2 is 1.62 bits per heavy atom. The van der Waals surface area contributed by atoms with Crippen LogP contribution >= 0.6 is 0 Å².